The van der Waals surface area contributed by atoms with Gasteiger partial charge in [-0.2, -0.15) is 0 Å². The zero-order valence-corrected chi connectivity index (χ0v) is 11.9. The molecular weight excluding hydrogens is 220 g/mol. The number of benzene rings is 1. The molecule has 1 aromatic rings. The zero-order chi connectivity index (χ0) is 13.0. The first-order chi connectivity index (χ1) is 8.59. The highest BCUT2D eigenvalue weighted by molar-refractivity contribution is 5.22. The summed E-state index contributed by atoms with van der Waals surface area (Å²) >= 11 is 0. The van der Waals surface area contributed by atoms with Crippen LogP contribution in [0.15, 0.2) is 24.3 Å². The predicted octanol–water partition coefficient (Wildman–Crippen LogP) is 2.87. The van der Waals surface area contributed by atoms with Gasteiger partial charge in [-0.05, 0) is 50.8 Å². The lowest BCUT2D eigenvalue weighted by molar-refractivity contribution is 0.247. The SMILES string of the molecule is CCc1ccc(CNC2CCNC(C)(C)C2)cc1. The van der Waals surface area contributed by atoms with Crippen LogP contribution in [0.3, 0.4) is 0 Å². The van der Waals surface area contributed by atoms with E-state index in [9.17, 15) is 0 Å². The Morgan fingerprint density at radius 3 is 2.50 bits per heavy atom. The zero-order valence-electron chi connectivity index (χ0n) is 11.9. The van der Waals surface area contributed by atoms with Gasteiger partial charge in [0, 0.05) is 18.1 Å². The lowest BCUT2D eigenvalue weighted by atomic mass is 9.89. The smallest absolute Gasteiger partial charge is 0.0208 e. The Kier molecular flexibility index (Phi) is 4.41. The molecule has 0 aromatic heterocycles. The van der Waals surface area contributed by atoms with E-state index in [0.717, 1.165) is 19.5 Å². The quantitative estimate of drug-likeness (QED) is 0.853. The molecule has 0 radical (unpaired) electrons. The average molecular weight is 246 g/mol. The van der Waals surface area contributed by atoms with Crippen LogP contribution >= 0.6 is 0 Å². The average Bonchev–Trinajstić information content (AvgIpc) is 2.36. The standard InChI is InChI=1S/C16H26N2/c1-4-13-5-7-14(8-6-13)12-17-15-9-10-18-16(2,3)11-15/h5-8,15,17-18H,4,9-12H2,1-3H3. The van der Waals surface area contributed by atoms with Gasteiger partial charge in [0.25, 0.3) is 0 Å². The summed E-state index contributed by atoms with van der Waals surface area (Å²) in [6.07, 6.45) is 3.56. The van der Waals surface area contributed by atoms with E-state index in [4.69, 9.17) is 0 Å². The van der Waals surface area contributed by atoms with Gasteiger partial charge in [-0.15, -0.1) is 0 Å². The third kappa shape index (κ3) is 3.82. The number of nitrogens with one attached hydrogen (secondary N) is 2. The monoisotopic (exact) mass is 246 g/mol. The van der Waals surface area contributed by atoms with Crippen LogP contribution in [-0.2, 0) is 13.0 Å². The molecule has 1 saturated heterocycles. The molecule has 1 fully saturated rings. The lowest BCUT2D eigenvalue weighted by Crippen LogP contribution is -2.51. The third-order valence-electron chi connectivity index (χ3n) is 3.88. The maximum Gasteiger partial charge on any atom is 0.0208 e. The first-order valence-electron chi connectivity index (χ1n) is 7.15. The Bertz CT molecular complexity index is 367. The van der Waals surface area contributed by atoms with Crippen molar-refractivity contribution in [3.8, 4) is 0 Å². The molecule has 100 valence electrons. The maximum absolute atomic E-state index is 3.69. The van der Waals surface area contributed by atoms with Gasteiger partial charge in [-0.3, -0.25) is 0 Å². The molecule has 2 nitrogen and oxygen atoms in total. The van der Waals surface area contributed by atoms with Crippen LogP contribution in [0.1, 0.15) is 44.7 Å². The second-order valence-corrected chi connectivity index (χ2v) is 6.05. The van der Waals surface area contributed by atoms with Crippen molar-refractivity contribution in [1.82, 2.24) is 10.6 Å². The molecule has 0 spiro atoms. The van der Waals surface area contributed by atoms with E-state index in [2.05, 4.69) is 55.7 Å². The van der Waals surface area contributed by atoms with Crippen molar-refractivity contribution in [1.29, 1.82) is 0 Å². The minimum Gasteiger partial charge on any atom is -0.312 e. The fourth-order valence-electron chi connectivity index (χ4n) is 2.70. The van der Waals surface area contributed by atoms with Crippen LogP contribution in [0, 0.1) is 0 Å². The number of hydrogen-bond donors (Lipinski definition) is 2. The van der Waals surface area contributed by atoms with Gasteiger partial charge in [-0.25, -0.2) is 0 Å². The van der Waals surface area contributed by atoms with E-state index in [-0.39, 0.29) is 5.54 Å². The van der Waals surface area contributed by atoms with Crippen LogP contribution in [0.4, 0.5) is 0 Å². The molecule has 18 heavy (non-hydrogen) atoms. The topological polar surface area (TPSA) is 24.1 Å². The number of rotatable bonds is 4. The predicted molar refractivity (Wildman–Crippen MR) is 77.8 cm³/mol. The van der Waals surface area contributed by atoms with Gasteiger partial charge in [0.2, 0.25) is 0 Å². The van der Waals surface area contributed by atoms with Crippen LogP contribution in [-0.4, -0.2) is 18.1 Å². The first-order valence-corrected chi connectivity index (χ1v) is 7.15. The molecule has 0 saturated carbocycles. The van der Waals surface area contributed by atoms with Crippen molar-refractivity contribution in [3.05, 3.63) is 35.4 Å². The highest BCUT2D eigenvalue weighted by Crippen LogP contribution is 2.18. The Labute approximate surface area is 111 Å². The number of hydrogen-bond acceptors (Lipinski definition) is 2. The normalized spacial score (nSPS) is 22.9. The highest BCUT2D eigenvalue weighted by atomic mass is 15.0. The van der Waals surface area contributed by atoms with Gasteiger partial charge in [0.05, 0.1) is 0 Å². The summed E-state index contributed by atoms with van der Waals surface area (Å²) in [6.45, 7) is 8.89. The van der Waals surface area contributed by atoms with Gasteiger partial charge >= 0.3 is 0 Å². The Morgan fingerprint density at radius 1 is 1.22 bits per heavy atom. The Hall–Kier alpha value is -0.860. The molecule has 1 heterocycles. The van der Waals surface area contributed by atoms with E-state index in [0.29, 0.717) is 6.04 Å². The van der Waals surface area contributed by atoms with Crippen molar-refractivity contribution >= 4 is 0 Å². The summed E-state index contributed by atoms with van der Waals surface area (Å²) in [4.78, 5) is 0. The Morgan fingerprint density at radius 2 is 1.89 bits per heavy atom. The van der Waals surface area contributed by atoms with Crippen molar-refractivity contribution in [3.63, 3.8) is 0 Å². The summed E-state index contributed by atoms with van der Waals surface area (Å²) in [5, 5.41) is 7.25. The minimum absolute atomic E-state index is 0.280. The van der Waals surface area contributed by atoms with Crippen molar-refractivity contribution in [2.45, 2.75) is 58.2 Å². The van der Waals surface area contributed by atoms with Gasteiger partial charge in [0.15, 0.2) is 0 Å². The third-order valence-corrected chi connectivity index (χ3v) is 3.88. The highest BCUT2D eigenvalue weighted by Gasteiger charge is 2.26. The molecule has 0 bridgehead atoms. The number of aryl methyl sites for hydroxylation is 1. The molecule has 2 heteroatoms. The van der Waals surface area contributed by atoms with Crippen LogP contribution < -0.4 is 10.6 Å². The molecule has 2 N–H and O–H groups in total. The van der Waals surface area contributed by atoms with Crippen LogP contribution in [0.2, 0.25) is 0 Å². The van der Waals surface area contributed by atoms with E-state index in [1.54, 1.807) is 0 Å². The molecule has 1 aliphatic rings. The lowest BCUT2D eigenvalue weighted by Gasteiger charge is -2.37. The van der Waals surface area contributed by atoms with Crippen molar-refractivity contribution in [2.24, 2.45) is 0 Å². The van der Waals surface area contributed by atoms with E-state index in [1.165, 1.54) is 24.0 Å². The molecule has 1 unspecified atom stereocenters. The summed E-state index contributed by atoms with van der Waals surface area (Å²) in [5.41, 5.74) is 3.09. The summed E-state index contributed by atoms with van der Waals surface area (Å²) < 4.78 is 0. The maximum atomic E-state index is 3.69. The molecule has 1 aliphatic heterocycles. The molecule has 1 aromatic carbocycles. The van der Waals surface area contributed by atoms with Gasteiger partial charge in [-0.1, -0.05) is 31.2 Å². The number of piperidine rings is 1. The van der Waals surface area contributed by atoms with E-state index in [1.807, 2.05) is 0 Å². The largest absolute Gasteiger partial charge is 0.312 e. The fraction of sp³-hybridized carbons (Fsp3) is 0.625. The summed E-state index contributed by atoms with van der Waals surface area (Å²) in [7, 11) is 0. The second kappa shape index (κ2) is 5.85. The minimum atomic E-state index is 0.280. The van der Waals surface area contributed by atoms with Gasteiger partial charge < -0.3 is 10.6 Å². The fourth-order valence-corrected chi connectivity index (χ4v) is 2.70. The van der Waals surface area contributed by atoms with Crippen LogP contribution in [0.5, 0.6) is 0 Å². The van der Waals surface area contributed by atoms with Crippen molar-refractivity contribution in [2.75, 3.05) is 6.54 Å². The van der Waals surface area contributed by atoms with Crippen LogP contribution in [0.25, 0.3) is 0 Å². The van der Waals surface area contributed by atoms with E-state index >= 15 is 0 Å². The summed E-state index contributed by atoms with van der Waals surface area (Å²) in [5.74, 6) is 0. The molecular formula is C16H26N2. The van der Waals surface area contributed by atoms with Gasteiger partial charge in [0.1, 0.15) is 0 Å². The first kappa shape index (κ1) is 13.6. The van der Waals surface area contributed by atoms with E-state index < -0.39 is 0 Å². The Balaban J connectivity index is 1.83. The molecule has 0 amide bonds. The molecule has 1 atom stereocenters. The molecule has 2 rings (SSSR count). The second-order valence-electron chi connectivity index (χ2n) is 6.05. The van der Waals surface area contributed by atoms with Crippen molar-refractivity contribution < 1.29 is 0 Å². The summed E-state index contributed by atoms with van der Waals surface area (Å²) in [6, 6.07) is 9.62. The molecule has 0 aliphatic carbocycles.